The Labute approximate surface area is 364 Å². The van der Waals surface area contributed by atoms with E-state index in [1.807, 2.05) is 72.8 Å². The number of hydrogen-bond acceptors (Lipinski definition) is 7. The summed E-state index contributed by atoms with van der Waals surface area (Å²) in [6.45, 7) is 0. The summed E-state index contributed by atoms with van der Waals surface area (Å²) >= 11 is 1.74. The van der Waals surface area contributed by atoms with E-state index < -0.39 is 0 Å². The average molecular weight is 825 g/mol. The summed E-state index contributed by atoms with van der Waals surface area (Å²) in [6, 6.07) is 66.9. The van der Waals surface area contributed by atoms with Crippen molar-refractivity contribution in [3.63, 3.8) is 0 Å². The zero-order valence-corrected chi connectivity index (χ0v) is 34.3. The molecule has 0 N–H and O–H groups in total. The fourth-order valence-electron chi connectivity index (χ4n) is 8.96. The molecule has 294 valence electrons. The Hall–Kier alpha value is -8.33. The van der Waals surface area contributed by atoms with Gasteiger partial charge in [-0.1, -0.05) is 158 Å². The predicted octanol–water partition coefficient (Wildman–Crippen LogP) is 14.4. The number of hydrogen-bond donors (Lipinski definition) is 0. The third-order valence-electron chi connectivity index (χ3n) is 11.9. The van der Waals surface area contributed by atoms with Crippen molar-refractivity contribution in [3.05, 3.63) is 194 Å². The number of thiophene rings is 1. The zero-order valence-electron chi connectivity index (χ0n) is 33.5. The molecule has 0 radical (unpaired) electrons. The summed E-state index contributed by atoms with van der Waals surface area (Å²) in [4.78, 5) is 26.1. The summed E-state index contributed by atoms with van der Waals surface area (Å²) in [5.41, 5.74) is 11.1. The molecule has 13 rings (SSSR count). The molecule has 63 heavy (non-hydrogen) atoms. The number of nitrogens with zero attached hydrogens (tertiary/aromatic N) is 6. The van der Waals surface area contributed by atoms with Crippen molar-refractivity contribution >= 4 is 75.4 Å². The van der Waals surface area contributed by atoms with Crippen molar-refractivity contribution in [3.8, 4) is 62.5 Å². The Morgan fingerprint density at radius 2 is 1.05 bits per heavy atom. The van der Waals surface area contributed by atoms with Crippen LogP contribution in [0.15, 0.2) is 199 Å². The second-order valence-corrected chi connectivity index (χ2v) is 16.7. The summed E-state index contributed by atoms with van der Waals surface area (Å²) in [5.74, 6) is 2.41. The third-order valence-corrected chi connectivity index (χ3v) is 13.0. The number of aromatic nitrogens is 6. The molecule has 13 aromatic rings. The van der Waals surface area contributed by atoms with Gasteiger partial charge >= 0.3 is 0 Å². The molecule has 0 saturated heterocycles. The van der Waals surface area contributed by atoms with Gasteiger partial charge in [-0.15, -0.1) is 11.3 Å². The van der Waals surface area contributed by atoms with Crippen LogP contribution in [0.4, 0.5) is 0 Å². The number of benzene rings is 8. The largest absolute Gasteiger partial charge is 0.452 e. The number of fused-ring (bicyclic) bond motifs is 9. The lowest BCUT2D eigenvalue weighted by Gasteiger charge is -2.11. The molecule has 0 bridgehead atoms. The SMILES string of the molecule is c1ccc(-c2ccc3c4ccccc4n(-c4nc(-c5ccccc5)nc(-c5ccc6c(c5)sc5cccc(-c7nc(-c8ccccc8)c8oc9ccccc9c8n7)c56)n4)c3c2)cc1. The minimum atomic E-state index is 0.558. The first kappa shape index (κ1) is 35.4. The molecule has 0 unspecified atom stereocenters. The van der Waals surface area contributed by atoms with Crippen LogP contribution in [-0.2, 0) is 0 Å². The molecule has 0 aliphatic carbocycles. The van der Waals surface area contributed by atoms with Crippen molar-refractivity contribution < 1.29 is 4.42 Å². The molecular weight excluding hydrogens is 793 g/mol. The van der Waals surface area contributed by atoms with Crippen molar-refractivity contribution in [1.29, 1.82) is 0 Å². The number of furan rings is 1. The minimum absolute atomic E-state index is 0.558. The van der Waals surface area contributed by atoms with Gasteiger partial charge in [0, 0.05) is 58.6 Å². The maximum atomic E-state index is 6.42. The fraction of sp³-hybridized carbons (Fsp3) is 0. The van der Waals surface area contributed by atoms with E-state index in [-0.39, 0.29) is 0 Å². The smallest absolute Gasteiger partial charge is 0.238 e. The summed E-state index contributed by atoms with van der Waals surface area (Å²) in [7, 11) is 0. The lowest BCUT2D eigenvalue weighted by atomic mass is 10.0. The van der Waals surface area contributed by atoms with Crippen molar-refractivity contribution in [1.82, 2.24) is 29.5 Å². The van der Waals surface area contributed by atoms with E-state index in [1.165, 1.54) is 0 Å². The molecule has 0 atom stereocenters. The lowest BCUT2D eigenvalue weighted by Crippen LogP contribution is -2.06. The van der Waals surface area contributed by atoms with E-state index in [0.717, 1.165) is 97.5 Å². The van der Waals surface area contributed by atoms with Crippen LogP contribution >= 0.6 is 11.3 Å². The van der Waals surface area contributed by atoms with Gasteiger partial charge in [0.1, 0.15) is 16.8 Å². The maximum absolute atomic E-state index is 6.42. The van der Waals surface area contributed by atoms with Crippen LogP contribution in [-0.4, -0.2) is 29.5 Å². The highest BCUT2D eigenvalue weighted by molar-refractivity contribution is 7.26. The van der Waals surface area contributed by atoms with Crippen LogP contribution in [0.2, 0.25) is 0 Å². The Morgan fingerprint density at radius 3 is 1.86 bits per heavy atom. The van der Waals surface area contributed by atoms with Crippen molar-refractivity contribution in [2.45, 2.75) is 0 Å². The van der Waals surface area contributed by atoms with Gasteiger partial charge < -0.3 is 4.42 Å². The van der Waals surface area contributed by atoms with Gasteiger partial charge in [0.2, 0.25) is 5.95 Å². The molecule has 0 aliphatic heterocycles. The van der Waals surface area contributed by atoms with Crippen molar-refractivity contribution in [2.75, 3.05) is 0 Å². The van der Waals surface area contributed by atoms with E-state index in [2.05, 4.69) is 126 Å². The summed E-state index contributed by atoms with van der Waals surface area (Å²) in [6.07, 6.45) is 0. The highest BCUT2D eigenvalue weighted by Gasteiger charge is 2.22. The fourth-order valence-corrected chi connectivity index (χ4v) is 10.1. The Bertz CT molecular complexity index is 3910. The molecule has 5 heterocycles. The standard InChI is InChI=1S/C55H32N6OS/c1-4-15-33(16-5-1)36-27-29-39-38-21-10-12-24-43(38)61(44(39)31-36)55-59-52(35-19-8-3-9-20-35)58-53(60-55)37-28-30-41-47(32-37)63-46-26-14-23-42(48(41)46)54-56-49(34-17-6-2-7-18-34)51-50(57-54)40-22-11-13-25-45(40)62-51/h1-32H. The van der Waals surface area contributed by atoms with Crippen LogP contribution < -0.4 is 0 Å². The number of para-hydroxylation sites is 2. The lowest BCUT2D eigenvalue weighted by molar-refractivity contribution is 0.667. The van der Waals surface area contributed by atoms with Gasteiger partial charge in [-0.2, -0.15) is 9.97 Å². The molecular formula is C55H32N6OS. The van der Waals surface area contributed by atoms with Gasteiger partial charge in [0.25, 0.3) is 0 Å². The average Bonchev–Trinajstić information content (AvgIpc) is 4.03. The third kappa shape index (κ3) is 5.76. The molecule has 0 fully saturated rings. The van der Waals surface area contributed by atoms with Crippen LogP contribution in [0.25, 0.3) is 127 Å². The van der Waals surface area contributed by atoms with Gasteiger partial charge in [0.05, 0.1) is 11.0 Å². The monoisotopic (exact) mass is 824 g/mol. The van der Waals surface area contributed by atoms with Gasteiger partial charge in [-0.05, 0) is 47.5 Å². The maximum Gasteiger partial charge on any atom is 0.238 e. The van der Waals surface area contributed by atoms with Crippen LogP contribution in [0.3, 0.4) is 0 Å². The number of rotatable bonds is 6. The van der Waals surface area contributed by atoms with E-state index in [4.69, 9.17) is 29.3 Å². The van der Waals surface area contributed by atoms with Crippen LogP contribution in [0.1, 0.15) is 0 Å². The van der Waals surface area contributed by atoms with Gasteiger partial charge in [-0.25, -0.2) is 15.0 Å². The molecule has 8 aromatic carbocycles. The van der Waals surface area contributed by atoms with Gasteiger partial charge in [-0.3, -0.25) is 4.57 Å². The molecule has 0 spiro atoms. The van der Waals surface area contributed by atoms with Crippen molar-refractivity contribution in [2.24, 2.45) is 0 Å². The molecule has 0 saturated carbocycles. The van der Waals surface area contributed by atoms with Crippen LogP contribution in [0, 0.1) is 0 Å². The zero-order chi connectivity index (χ0) is 41.4. The Morgan fingerprint density at radius 1 is 0.397 bits per heavy atom. The van der Waals surface area contributed by atoms with E-state index in [1.54, 1.807) is 11.3 Å². The second-order valence-electron chi connectivity index (χ2n) is 15.6. The predicted molar refractivity (Wildman–Crippen MR) is 257 cm³/mol. The first-order chi connectivity index (χ1) is 31.2. The quantitative estimate of drug-likeness (QED) is 0.166. The van der Waals surface area contributed by atoms with Gasteiger partial charge in [0.15, 0.2) is 23.1 Å². The second kappa shape index (κ2) is 14.1. The van der Waals surface area contributed by atoms with Crippen LogP contribution in [0.5, 0.6) is 0 Å². The molecule has 5 aromatic heterocycles. The van der Waals surface area contributed by atoms with E-state index in [0.29, 0.717) is 29.0 Å². The topological polar surface area (TPSA) is 82.5 Å². The first-order valence-electron chi connectivity index (χ1n) is 20.8. The summed E-state index contributed by atoms with van der Waals surface area (Å²) < 4.78 is 10.9. The highest BCUT2D eigenvalue weighted by Crippen LogP contribution is 2.43. The Kier molecular flexibility index (Phi) is 7.94. The Balaban J connectivity index is 1.00. The normalized spacial score (nSPS) is 11.8. The molecule has 0 amide bonds. The molecule has 7 nitrogen and oxygen atoms in total. The molecule has 0 aliphatic rings. The minimum Gasteiger partial charge on any atom is -0.452 e. The molecule has 8 heteroatoms. The van der Waals surface area contributed by atoms with E-state index >= 15 is 0 Å². The first-order valence-corrected chi connectivity index (χ1v) is 21.6. The summed E-state index contributed by atoms with van der Waals surface area (Å²) in [5, 5.41) is 5.46. The van der Waals surface area contributed by atoms with E-state index in [9.17, 15) is 0 Å². The highest BCUT2D eigenvalue weighted by atomic mass is 32.1.